The van der Waals surface area contributed by atoms with Gasteiger partial charge in [-0.05, 0) is 31.6 Å². The van der Waals surface area contributed by atoms with Crippen LogP contribution in [0.4, 0.5) is 0 Å². The number of nitrogens with one attached hydrogen (secondary N) is 1. The Morgan fingerprint density at radius 1 is 1.25 bits per heavy atom. The lowest BCUT2D eigenvalue weighted by Crippen LogP contribution is -2.62. The zero-order valence-electron chi connectivity index (χ0n) is 14.5. The third-order valence-corrected chi connectivity index (χ3v) is 4.39. The van der Waals surface area contributed by atoms with Crippen molar-refractivity contribution in [1.29, 1.82) is 0 Å². The third-order valence-electron chi connectivity index (χ3n) is 4.39. The molecule has 1 aliphatic carbocycles. The summed E-state index contributed by atoms with van der Waals surface area (Å²) in [6.07, 6.45) is 2.23. The van der Waals surface area contributed by atoms with Crippen molar-refractivity contribution < 1.29 is 9.84 Å². The highest BCUT2D eigenvalue weighted by molar-refractivity contribution is 5.03. The van der Waals surface area contributed by atoms with Gasteiger partial charge in [0.15, 0.2) is 0 Å². The van der Waals surface area contributed by atoms with E-state index in [1.165, 1.54) is 0 Å². The van der Waals surface area contributed by atoms with Crippen molar-refractivity contribution in [3.05, 3.63) is 0 Å². The first kappa shape index (κ1) is 17.9. The topological polar surface area (TPSA) is 41.5 Å². The molecule has 1 fully saturated rings. The second-order valence-corrected chi connectivity index (χ2v) is 8.30. The summed E-state index contributed by atoms with van der Waals surface area (Å²) in [6.45, 7) is 16.6. The van der Waals surface area contributed by atoms with Gasteiger partial charge in [-0.3, -0.25) is 0 Å². The number of hydrogen-bond donors (Lipinski definition) is 2. The van der Waals surface area contributed by atoms with Crippen LogP contribution < -0.4 is 5.32 Å². The molecule has 0 aromatic carbocycles. The lowest BCUT2D eigenvalue weighted by molar-refractivity contribution is -0.127. The molecule has 1 saturated carbocycles. The van der Waals surface area contributed by atoms with Crippen molar-refractivity contribution in [2.24, 2.45) is 17.3 Å². The Morgan fingerprint density at radius 2 is 1.85 bits per heavy atom. The molecule has 0 bridgehead atoms. The van der Waals surface area contributed by atoms with Crippen LogP contribution in [0.5, 0.6) is 0 Å². The second-order valence-electron chi connectivity index (χ2n) is 8.30. The molecule has 0 aromatic rings. The summed E-state index contributed by atoms with van der Waals surface area (Å²) in [7, 11) is 0. The lowest BCUT2D eigenvalue weighted by atomic mass is 9.64. The fourth-order valence-electron chi connectivity index (χ4n) is 3.12. The summed E-state index contributed by atoms with van der Waals surface area (Å²) in [5, 5.41) is 13.9. The van der Waals surface area contributed by atoms with E-state index in [0.717, 1.165) is 19.4 Å². The normalized spacial score (nSPS) is 28.5. The summed E-state index contributed by atoms with van der Waals surface area (Å²) >= 11 is 0. The van der Waals surface area contributed by atoms with E-state index in [0.29, 0.717) is 30.5 Å². The summed E-state index contributed by atoms with van der Waals surface area (Å²) in [5.74, 6) is 1.10. The number of hydrogen-bond acceptors (Lipinski definition) is 3. The van der Waals surface area contributed by atoms with E-state index in [-0.39, 0.29) is 5.41 Å². The molecule has 3 nitrogen and oxygen atoms in total. The molecule has 3 unspecified atom stereocenters. The zero-order valence-corrected chi connectivity index (χ0v) is 14.5. The number of rotatable bonds is 8. The summed E-state index contributed by atoms with van der Waals surface area (Å²) in [6, 6.07) is 0.443. The van der Waals surface area contributed by atoms with E-state index in [1.54, 1.807) is 0 Å². The van der Waals surface area contributed by atoms with Crippen molar-refractivity contribution in [1.82, 2.24) is 5.32 Å². The Morgan fingerprint density at radius 3 is 2.30 bits per heavy atom. The average molecular weight is 285 g/mol. The molecule has 0 aromatic heterocycles. The van der Waals surface area contributed by atoms with Gasteiger partial charge in [-0.25, -0.2) is 0 Å². The molecule has 0 saturated heterocycles. The zero-order chi connectivity index (χ0) is 15.6. The Bertz CT molecular complexity index is 297. The fraction of sp³-hybridized carbons (Fsp3) is 1.00. The van der Waals surface area contributed by atoms with Gasteiger partial charge in [0.05, 0.1) is 11.7 Å². The van der Waals surface area contributed by atoms with Crippen LogP contribution in [-0.4, -0.2) is 36.0 Å². The Hall–Kier alpha value is -0.120. The molecule has 20 heavy (non-hydrogen) atoms. The minimum Gasteiger partial charge on any atom is -0.389 e. The highest BCUT2D eigenvalue weighted by atomic mass is 16.5. The van der Waals surface area contributed by atoms with Crippen molar-refractivity contribution in [3.63, 3.8) is 0 Å². The molecule has 0 radical (unpaired) electrons. The largest absolute Gasteiger partial charge is 0.389 e. The Labute approximate surface area is 125 Å². The first-order chi connectivity index (χ1) is 9.04. The van der Waals surface area contributed by atoms with E-state index < -0.39 is 5.60 Å². The first-order valence-corrected chi connectivity index (χ1v) is 8.12. The van der Waals surface area contributed by atoms with Crippen LogP contribution in [0.3, 0.4) is 0 Å². The number of ether oxygens (including phenoxy) is 1. The highest BCUT2D eigenvalue weighted by Crippen LogP contribution is 2.43. The standard InChI is InChI=1S/C17H35NO2/c1-12(2)9-17(7,19)11-18-14-8-15(16(14,5)6)20-10-13(3)4/h12-15,18-19H,8-11H2,1-7H3. The molecular formula is C17H35NO2. The van der Waals surface area contributed by atoms with Gasteiger partial charge in [0.2, 0.25) is 0 Å². The van der Waals surface area contributed by atoms with Crippen molar-refractivity contribution >= 4 is 0 Å². The molecule has 0 amide bonds. The minimum atomic E-state index is -0.617. The van der Waals surface area contributed by atoms with Gasteiger partial charge in [0, 0.05) is 24.6 Å². The maximum Gasteiger partial charge on any atom is 0.0746 e. The highest BCUT2D eigenvalue weighted by Gasteiger charge is 2.49. The monoisotopic (exact) mass is 285 g/mol. The quantitative estimate of drug-likeness (QED) is 0.719. The summed E-state index contributed by atoms with van der Waals surface area (Å²) in [4.78, 5) is 0. The van der Waals surface area contributed by atoms with Gasteiger partial charge in [0.25, 0.3) is 0 Å². The second kappa shape index (κ2) is 6.76. The predicted octanol–water partition coefficient (Wildman–Crippen LogP) is 3.21. The Kier molecular flexibility index (Phi) is 6.06. The summed E-state index contributed by atoms with van der Waals surface area (Å²) in [5.41, 5.74) is -0.461. The molecule has 1 rings (SSSR count). The third kappa shape index (κ3) is 5.01. The van der Waals surface area contributed by atoms with Gasteiger partial charge >= 0.3 is 0 Å². The molecule has 2 N–H and O–H groups in total. The van der Waals surface area contributed by atoms with Gasteiger partial charge in [-0.15, -0.1) is 0 Å². The van der Waals surface area contributed by atoms with Gasteiger partial charge < -0.3 is 15.2 Å². The SMILES string of the molecule is CC(C)COC1CC(NCC(C)(O)CC(C)C)C1(C)C. The minimum absolute atomic E-state index is 0.156. The van der Waals surface area contributed by atoms with Gasteiger partial charge in [0.1, 0.15) is 0 Å². The Balaban J connectivity index is 2.37. The van der Waals surface area contributed by atoms with Crippen LogP contribution in [0.25, 0.3) is 0 Å². The van der Waals surface area contributed by atoms with E-state index in [9.17, 15) is 5.11 Å². The van der Waals surface area contributed by atoms with E-state index in [2.05, 4.69) is 46.9 Å². The maximum atomic E-state index is 10.4. The molecule has 0 heterocycles. The average Bonchev–Trinajstić information content (AvgIpc) is 2.24. The maximum absolute atomic E-state index is 10.4. The molecule has 120 valence electrons. The van der Waals surface area contributed by atoms with Crippen LogP contribution in [0, 0.1) is 17.3 Å². The van der Waals surface area contributed by atoms with E-state index in [1.807, 2.05) is 6.92 Å². The van der Waals surface area contributed by atoms with E-state index >= 15 is 0 Å². The van der Waals surface area contributed by atoms with Crippen LogP contribution in [0.1, 0.15) is 61.3 Å². The summed E-state index contributed by atoms with van der Waals surface area (Å²) < 4.78 is 5.98. The van der Waals surface area contributed by atoms with Crippen molar-refractivity contribution in [3.8, 4) is 0 Å². The molecule has 0 spiro atoms. The first-order valence-electron chi connectivity index (χ1n) is 8.12. The van der Waals surface area contributed by atoms with Crippen LogP contribution in [-0.2, 0) is 4.74 Å². The molecular weight excluding hydrogens is 250 g/mol. The molecule has 1 aliphatic rings. The van der Waals surface area contributed by atoms with Gasteiger partial charge in [-0.2, -0.15) is 0 Å². The lowest BCUT2D eigenvalue weighted by Gasteiger charge is -2.52. The predicted molar refractivity (Wildman–Crippen MR) is 84.8 cm³/mol. The van der Waals surface area contributed by atoms with Crippen molar-refractivity contribution in [2.75, 3.05) is 13.2 Å². The van der Waals surface area contributed by atoms with Crippen LogP contribution >= 0.6 is 0 Å². The van der Waals surface area contributed by atoms with Gasteiger partial charge in [-0.1, -0.05) is 41.5 Å². The van der Waals surface area contributed by atoms with Crippen molar-refractivity contribution in [2.45, 2.75) is 79.1 Å². The smallest absolute Gasteiger partial charge is 0.0746 e. The molecule has 3 atom stereocenters. The van der Waals surface area contributed by atoms with Crippen LogP contribution in [0.2, 0.25) is 0 Å². The van der Waals surface area contributed by atoms with Crippen LogP contribution in [0.15, 0.2) is 0 Å². The molecule has 0 aliphatic heterocycles. The fourth-order valence-corrected chi connectivity index (χ4v) is 3.12. The van der Waals surface area contributed by atoms with E-state index in [4.69, 9.17) is 4.74 Å². The number of aliphatic hydroxyl groups is 1. The molecule has 3 heteroatoms.